The molecular weight excluding hydrogens is 222 g/mol. The number of benzene rings is 1. The van der Waals surface area contributed by atoms with Gasteiger partial charge in [0.2, 0.25) is 0 Å². The molecule has 0 fully saturated rings. The summed E-state index contributed by atoms with van der Waals surface area (Å²) in [5.41, 5.74) is 4.49. The van der Waals surface area contributed by atoms with Crippen molar-refractivity contribution in [3.63, 3.8) is 0 Å². The second-order valence-electron chi connectivity index (χ2n) is 3.50. The molecule has 0 aliphatic rings. The first-order valence-corrected chi connectivity index (χ1v) is 5.36. The molecule has 0 aliphatic heterocycles. The third-order valence-corrected chi connectivity index (χ3v) is 2.21. The van der Waals surface area contributed by atoms with E-state index in [0.29, 0.717) is 19.8 Å². The van der Waals surface area contributed by atoms with Crippen molar-refractivity contribution in [1.29, 1.82) is 0 Å². The highest BCUT2D eigenvalue weighted by Gasteiger charge is 2.05. The second-order valence-corrected chi connectivity index (χ2v) is 3.50. The Kier molecular flexibility index (Phi) is 6.24. The minimum atomic E-state index is -0.835. The van der Waals surface area contributed by atoms with Gasteiger partial charge in [-0.1, -0.05) is 24.3 Å². The summed E-state index contributed by atoms with van der Waals surface area (Å²) in [5.74, 6) is -0.835. The van der Waals surface area contributed by atoms with E-state index in [2.05, 4.69) is 5.48 Å². The Balaban J connectivity index is 2.43. The van der Waals surface area contributed by atoms with E-state index in [1.807, 2.05) is 18.2 Å². The van der Waals surface area contributed by atoms with Crippen LogP contribution in [0.4, 0.5) is 0 Å². The molecule has 0 radical (unpaired) electrons. The highest BCUT2D eigenvalue weighted by atomic mass is 16.7. The summed E-state index contributed by atoms with van der Waals surface area (Å²) in [6.45, 7) is 1.45. The molecule has 5 heteroatoms. The predicted octanol–water partition coefficient (Wildman–Crippen LogP) is 0.981. The van der Waals surface area contributed by atoms with Gasteiger partial charge in [-0.2, -0.15) is 5.48 Å². The summed E-state index contributed by atoms with van der Waals surface area (Å²) in [6.07, 6.45) is 0.0237. The number of hydroxylamine groups is 1. The maximum absolute atomic E-state index is 10.7. The van der Waals surface area contributed by atoms with Gasteiger partial charge in [-0.25, -0.2) is 0 Å². The van der Waals surface area contributed by atoms with Crippen LogP contribution < -0.4 is 5.48 Å². The number of carboxylic acid groups (broad SMARTS) is 1. The zero-order valence-electron chi connectivity index (χ0n) is 9.81. The van der Waals surface area contributed by atoms with Crippen molar-refractivity contribution < 1.29 is 19.5 Å². The van der Waals surface area contributed by atoms with Crippen molar-refractivity contribution in [2.45, 2.75) is 13.0 Å². The predicted molar refractivity (Wildman–Crippen MR) is 62.4 cm³/mol. The van der Waals surface area contributed by atoms with Crippen LogP contribution in [0.2, 0.25) is 0 Å². The maximum atomic E-state index is 10.7. The smallest absolute Gasteiger partial charge is 0.307 e. The number of aliphatic carboxylic acids is 1. The van der Waals surface area contributed by atoms with Crippen molar-refractivity contribution in [3.05, 3.63) is 35.4 Å². The van der Waals surface area contributed by atoms with Gasteiger partial charge in [0.1, 0.15) is 0 Å². The molecule has 0 spiro atoms. The summed E-state index contributed by atoms with van der Waals surface area (Å²) in [5, 5.41) is 8.76. The highest BCUT2D eigenvalue weighted by Crippen LogP contribution is 2.09. The van der Waals surface area contributed by atoms with Crippen LogP contribution in [-0.4, -0.2) is 31.4 Å². The number of hydrogen-bond donors (Lipinski definition) is 2. The average molecular weight is 239 g/mol. The van der Waals surface area contributed by atoms with E-state index in [-0.39, 0.29) is 6.42 Å². The fourth-order valence-corrected chi connectivity index (χ4v) is 1.39. The number of ether oxygens (including phenoxy) is 1. The fourth-order valence-electron chi connectivity index (χ4n) is 1.39. The van der Waals surface area contributed by atoms with Crippen molar-refractivity contribution in [2.75, 3.05) is 20.3 Å². The largest absolute Gasteiger partial charge is 0.481 e. The molecule has 0 unspecified atom stereocenters. The third kappa shape index (κ3) is 5.44. The lowest BCUT2D eigenvalue weighted by molar-refractivity contribution is -0.136. The number of carboxylic acids is 1. The van der Waals surface area contributed by atoms with Gasteiger partial charge in [0, 0.05) is 13.7 Å². The number of rotatable bonds is 8. The van der Waals surface area contributed by atoms with Crippen molar-refractivity contribution in [3.8, 4) is 0 Å². The Hall–Kier alpha value is -1.43. The first-order chi connectivity index (χ1) is 8.24. The van der Waals surface area contributed by atoms with Crippen LogP contribution in [0.5, 0.6) is 0 Å². The van der Waals surface area contributed by atoms with Crippen LogP contribution in [-0.2, 0) is 27.3 Å². The van der Waals surface area contributed by atoms with E-state index in [4.69, 9.17) is 14.7 Å². The molecule has 0 aromatic heterocycles. The standard InChI is InChI=1S/C12H17NO4/c1-16-6-7-17-13-9-11-5-3-2-4-10(11)8-12(14)15/h2-5,13H,6-9H2,1H3,(H,14,15). The van der Waals surface area contributed by atoms with E-state index in [1.54, 1.807) is 13.2 Å². The van der Waals surface area contributed by atoms with Gasteiger partial charge in [-0.15, -0.1) is 0 Å². The zero-order chi connectivity index (χ0) is 12.5. The van der Waals surface area contributed by atoms with Gasteiger partial charge in [0.25, 0.3) is 0 Å². The molecule has 0 amide bonds. The molecule has 17 heavy (non-hydrogen) atoms. The summed E-state index contributed by atoms with van der Waals surface area (Å²) in [4.78, 5) is 15.8. The van der Waals surface area contributed by atoms with Crippen molar-refractivity contribution in [1.82, 2.24) is 5.48 Å². The van der Waals surface area contributed by atoms with Crippen LogP contribution in [0.1, 0.15) is 11.1 Å². The summed E-state index contributed by atoms with van der Waals surface area (Å²) in [6, 6.07) is 7.39. The third-order valence-electron chi connectivity index (χ3n) is 2.21. The molecule has 1 rings (SSSR count). The van der Waals surface area contributed by atoms with Gasteiger partial charge < -0.3 is 9.84 Å². The lowest BCUT2D eigenvalue weighted by Crippen LogP contribution is -2.18. The zero-order valence-corrected chi connectivity index (χ0v) is 9.81. The number of hydrogen-bond acceptors (Lipinski definition) is 4. The molecular formula is C12H17NO4. The first kappa shape index (κ1) is 13.6. The van der Waals surface area contributed by atoms with Gasteiger partial charge >= 0.3 is 5.97 Å². The Morgan fingerprint density at radius 2 is 2.00 bits per heavy atom. The van der Waals surface area contributed by atoms with Gasteiger partial charge in [-0.3, -0.25) is 9.63 Å². The van der Waals surface area contributed by atoms with Crippen molar-refractivity contribution >= 4 is 5.97 Å². The number of carbonyl (C=O) groups is 1. The van der Waals surface area contributed by atoms with E-state index < -0.39 is 5.97 Å². The lowest BCUT2D eigenvalue weighted by Gasteiger charge is -2.09. The molecule has 0 atom stereocenters. The SMILES string of the molecule is COCCONCc1ccccc1CC(=O)O. The Morgan fingerprint density at radius 1 is 1.29 bits per heavy atom. The van der Waals surface area contributed by atoms with Gasteiger partial charge in [-0.05, 0) is 11.1 Å². The molecule has 2 N–H and O–H groups in total. The normalized spacial score (nSPS) is 10.4. The summed E-state index contributed by atoms with van der Waals surface area (Å²) >= 11 is 0. The summed E-state index contributed by atoms with van der Waals surface area (Å²) < 4.78 is 4.83. The number of methoxy groups -OCH3 is 1. The van der Waals surface area contributed by atoms with Crippen molar-refractivity contribution in [2.24, 2.45) is 0 Å². The summed E-state index contributed by atoms with van der Waals surface area (Å²) in [7, 11) is 1.60. The van der Waals surface area contributed by atoms with Gasteiger partial charge in [0.05, 0.1) is 19.6 Å². The molecule has 0 saturated carbocycles. The minimum Gasteiger partial charge on any atom is -0.481 e. The Bertz CT molecular complexity index is 354. The molecule has 1 aromatic rings. The minimum absolute atomic E-state index is 0.0237. The molecule has 0 heterocycles. The molecule has 94 valence electrons. The van der Waals surface area contributed by atoms with Crippen LogP contribution >= 0.6 is 0 Å². The molecule has 0 aliphatic carbocycles. The molecule has 0 bridgehead atoms. The Morgan fingerprint density at radius 3 is 2.65 bits per heavy atom. The quantitative estimate of drug-likeness (QED) is 0.523. The highest BCUT2D eigenvalue weighted by molar-refractivity contribution is 5.70. The Labute approximate surface area is 100 Å². The van der Waals surface area contributed by atoms with E-state index in [1.165, 1.54) is 0 Å². The molecule has 0 saturated heterocycles. The molecule has 1 aromatic carbocycles. The second kappa shape index (κ2) is 7.78. The maximum Gasteiger partial charge on any atom is 0.307 e. The van der Waals surface area contributed by atoms with Crippen LogP contribution in [0.25, 0.3) is 0 Å². The van der Waals surface area contributed by atoms with E-state index in [9.17, 15) is 4.79 Å². The molecule has 5 nitrogen and oxygen atoms in total. The lowest BCUT2D eigenvalue weighted by atomic mass is 10.1. The fraction of sp³-hybridized carbons (Fsp3) is 0.417. The van der Waals surface area contributed by atoms with E-state index >= 15 is 0 Å². The van der Waals surface area contributed by atoms with Crippen LogP contribution in [0.15, 0.2) is 24.3 Å². The van der Waals surface area contributed by atoms with Crippen LogP contribution in [0, 0.1) is 0 Å². The van der Waals surface area contributed by atoms with Crippen LogP contribution in [0.3, 0.4) is 0 Å². The topological polar surface area (TPSA) is 67.8 Å². The monoisotopic (exact) mass is 239 g/mol. The van der Waals surface area contributed by atoms with Gasteiger partial charge in [0.15, 0.2) is 0 Å². The number of nitrogens with one attached hydrogen (secondary N) is 1. The first-order valence-electron chi connectivity index (χ1n) is 5.36. The average Bonchev–Trinajstić information content (AvgIpc) is 2.30. The van der Waals surface area contributed by atoms with E-state index in [0.717, 1.165) is 11.1 Å².